The molecule has 7 nitrogen and oxygen atoms in total. The van der Waals surface area contributed by atoms with Gasteiger partial charge in [0.05, 0.1) is 11.0 Å². The van der Waals surface area contributed by atoms with Crippen LogP contribution in [0.3, 0.4) is 0 Å². The Kier molecular flexibility index (Phi) is 5.59. The summed E-state index contributed by atoms with van der Waals surface area (Å²) in [5.74, 6) is -0.821. The summed E-state index contributed by atoms with van der Waals surface area (Å²) >= 11 is 0. The molecule has 0 aliphatic carbocycles. The van der Waals surface area contributed by atoms with Crippen LogP contribution in [0, 0.1) is 15.9 Å². The quantitative estimate of drug-likeness (QED) is 0.515. The first kappa shape index (κ1) is 19.0. The second kappa shape index (κ2) is 8.26. The van der Waals surface area contributed by atoms with Crippen LogP contribution in [-0.2, 0) is 6.54 Å². The molecule has 0 saturated heterocycles. The van der Waals surface area contributed by atoms with E-state index in [-0.39, 0.29) is 17.3 Å². The average molecular weight is 380 g/mol. The van der Waals surface area contributed by atoms with Crippen molar-refractivity contribution in [2.45, 2.75) is 6.54 Å². The third-order valence-electron chi connectivity index (χ3n) is 4.19. The van der Waals surface area contributed by atoms with Gasteiger partial charge in [0.25, 0.3) is 11.6 Å². The normalized spacial score (nSPS) is 10.4. The molecule has 1 heterocycles. The van der Waals surface area contributed by atoms with E-state index in [4.69, 9.17) is 0 Å². The number of carbonyl (C=O) groups is 1. The molecule has 0 saturated carbocycles. The molecule has 0 radical (unpaired) electrons. The van der Waals surface area contributed by atoms with E-state index < -0.39 is 10.7 Å². The van der Waals surface area contributed by atoms with Gasteiger partial charge < -0.3 is 10.2 Å². The zero-order valence-electron chi connectivity index (χ0n) is 15.0. The van der Waals surface area contributed by atoms with Gasteiger partial charge in [-0.1, -0.05) is 12.1 Å². The molecule has 0 aliphatic heterocycles. The Hall–Kier alpha value is -3.81. The highest BCUT2D eigenvalue weighted by molar-refractivity contribution is 6.05. The molecule has 0 aliphatic rings. The predicted molar refractivity (Wildman–Crippen MR) is 104 cm³/mol. The van der Waals surface area contributed by atoms with Crippen LogP contribution in [0.2, 0.25) is 0 Å². The molecule has 1 aromatic heterocycles. The molecule has 142 valence electrons. The minimum absolute atomic E-state index is 0.157. The summed E-state index contributed by atoms with van der Waals surface area (Å²) in [6, 6.07) is 13.9. The number of anilines is 2. The number of hydrogen-bond acceptors (Lipinski definition) is 5. The van der Waals surface area contributed by atoms with Crippen molar-refractivity contribution < 1.29 is 14.1 Å². The van der Waals surface area contributed by atoms with Crippen LogP contribution in [0.15, 0.2) is 67.0 Å². The van der Waals surface area contributed by atoms with Crippen LogP contribution < -0.4 is 10.2 Å². The number of aromatic nitrogens is 1. The highest BCUT2D eigenvalue weighted by Gasteiger charge is 2.15. The molecular weight excluding hydrogens is 363 g/mol. The van der Waals surface area contributed by atoms with E-state index in [1.54, 1.807) is 43.7 Å². The van der Waals surface area contributed by atoms with E-state index in [1.165, 1.54) is 11.0 Å². The Bertz CT molecular complexity index is 994. The van der Waals surface area contributed by atoms with Gasteiger partial charge in [0.1, 0.15) is 11.5 Å². The van der Waals surface area contributed by atoms with E-state index in [0.717, 1.165) is 17.7 Å². The monoisotopic (exact) mass is 380 g/mol. The molecule has 0 atom stereocenters. The number of nitrogens with one attached hydrogen (secondary N) is 1. The second-order valence-corrected chi connectivity index (χ2v) is 6.04. The van der Waals surface area contributed by atoms with Crippen molar-refractivity contribution in [1.29, 1.82) is 0 Å². The number of nitro groups is 1. The van der Waals surface area contributed by atoms with Crippen molar-refractivity contribution in [3.05, 3.63) is 94.0 Å². The number of carbonyl (C=O) groups excluding carboxylic acids is 1. The molecule has 28 heavy (non-hydrogen) atoms. The van der Waals surface area contributed by atoms with Gasteiger partial charge in [0, 0.05) is 37.2 Å². The van der Waals surface area contributed by atoms with Crippen LogP contribution >= 0.6 is 0 Å². The van der Waals surface area contributed by atoms with Crippen LogP contribution in [0.1, 0.15) is 15.9 Å². The number of benzene rings is 2. The molecule has 0 unspecified atom stereocenters. The van der Waals surface area contributed by atoms with E-state index in [2.05, 4.69) is 10.3 Å². The Balaban J connectivity index is 1.68. The third-order valence-corrected chi connectivity index (χ3v) is 4.19. The zero-order chi connectivity index (χ0) is 20.1. The lowest BCUT2D eigenvalue weighted by molar-refractivity contribution is -0.384. The third kappa shape index (κ3) is 4.29. The van der Waals surface area contributed by atoms with Crippen LogP contribution in [0.25, 0.3) is 0 Å². The smallest absolute Gasteiger partial charge is 0.295 e. The van der Waals surface area contributed by atoms with Gasteiger partial charge in [-0.3, -0.25) is 19.9 Å². The van der Waals surface area contributed by atoms with Gasteiger partial charge in [0.2, 0.25) is 0 Å². The summed E-state index contributed by atoms with van der Waals surface area (Å²) in [6.45, 7) is 0.314. The van der Waals surface area contributed by atoms with Crippen molar-refractivity contribution >= 4 is 23.0 Å². The van der Waals surface area contributed by atoms with Crippen molar-refractivity contribution in [2.75, 3.05) is 17.3 Å². The zero-order valence-corrected chi connectivity index (χ0v) is 15.0. The molecule has 0 bridgehead atoms. The molecule has 0 spiro atoms. The van der Waals surface area contributed by atoms with Gasteiger partial charge in [0.15, 0.2) is 0 Å². The number of halogens is 1. The topological polar surface area (TPSA) is 88.4 Å². The van der Waals surface area contributed by atoms with E-state index in [0.29, 0.717) is 17.8 Å². The van der Waals surface area contributed by atoms with E-state index in [9.17, 15) is 19.3 Å². The first-order chi connectivity index (χ1) is 13.5. The van der Waals surface area contributed by atoms with Gasteiger partial charge in [-0.2, -0.15) is 0 Å². The number of amides is 1. The number of hydrogen-bond donors (Lipinski definition) is 1. The number of nitrogens with zero attached hydrogens (tertiary/aromatic N) is 3. The summed E-state index contributed by atoms with van der Waals surface area (Å²) in [5, 5.41) is 14.0. The molecule has 8 heteroatoms. The lowest BCUT2D eigenvalue weighted by Crippen LogP contribution is -2.26. The molecular formula is C20H17FN4O3. The molecule has 2 aromatic carbocycles. The summed E-state index contributed by atoms with van der Waals surface area (Å²) in [5.41, 5.74) is 2.01. The van der Waals surface area contributed by atoms with Crippen molar-refractivity contribution in [3.63, 3.8) is 0 Å². The molecule has 0 fully saturated rings. The summed E-state index contributed by atoms with van der Waals surface area (Å²) in [6.07, 6.45) is 3.12. The minimum atomic E-state index is -0.663. The number of rotatable bonds is 6. The number of pyridine rings is 1. The van der Waals surface area contributed by atoms with Crippen molar-refractivity contribution in [3.8, 4) is 0 Å². The number of nitro benzene ring substituents is 1. The SMILES string of the molecule is CN(C(=O)c1ccncc1)c1ccc(CNc2ccc(F)cc2[N+](=O)[O-])cc1. The summed E-state index contributed by atoms with van der Waals surface area (Å²) in [4.78, 5) is 28.3. The molecule has 3 rings (SSSR count). The van der Waals surface area contributed by atoms with Gasteiger partial charge in [-0.25, -0.2) is 4.39 Å². The highest BCUT2D eigenvalue weighted by Crippen LogP contribution is 2.26. The summed E-state index contributed by atoms with van der Waals surface area (Å²) in [7, 11) is 1.68. The predicted octanol–water partition coefficient (Wildman–Crippen LogP) is 4.02. The van der Waals surface area contributed by atoms with Crippen molar-refractivity contribution in [1.82, 2.24) is 4.98 Å². The standard InChI is InChI=1S/C20H17FN4O3/c1-24(20(26)15-8-10-22-11-9-15)17-5-2-14(3-6-17)13-23-18-7-4-16(21)12-19(18)25(27)28/h2-12,23H,13H2,1H3. The maximum Gasteiger partial charge on any atom is 0.295 e. The lowest BCUT2D eigenvalue weighted by Gasteiger charge is -2.18. The van der Waals surface area contributed by atoms with Gasteiger partial charge >= 0.3 is 0 Å². The molecule has 1 amide bonds. The fourth-order valence-electron chi connectivity index (χ4n) is 2.65. The van der Waals surface area contributed by atoms with Gasteiger partial charge in [-0.05, 0) is 42.0 Å². The van der Waals surface area contributed by atoms with Crippen LogP contribution in [0.5, 0.6) is 0 Å². The second-order valence-electron chi connectivity index (χ2n) is 6.04. The first-order valence-corrected chi connectivity index (χ1v) is 8.40. The minimum Gasteiger partial charge on any atom is -0.375 e. The maximum absolute atomic E-state index is 13.2. The molecule has 1 N–H and O–H groups in total. The van der Waals surface area contributed by atoms with Crippen LogP contribution in [0.4, 0.5) is 21.5 Å². The van der Waals surface area contributed by atoms with Gasteiger partial charge in [-0.15, -0.1) is 0 Å². The van der Waals surface area contributed by atoms with E-state index >= 15 is 0 Å². The highest BCUT2D eigenvalue weighted by atomic mass is 19.1. The Labute approximate surface area is 160 Å². The maximum atomic E-state index is 13.2. The van der Waals surface area contributed by atoms with Crippen molar-refractivity contribution in [2.24, 2.45) is 0 Å². The lowest BCUT2D eigenvalue weighted by atomic mass is 10.1. The van der Waals surface area contributed by atoms with Crippen LogP contribution in [-0.4, -0.2) is 22.9 Å². The average Bonchev–Trinajstić information content (AvgIpc) is 2.72. The Morgan fingerprint density at radius 1 is 1.14 bits per heavy atom. The summed E-state index contributed by atoms with van der Waals surface area (Å²) < 4.78 is 13.2. The Morgan fingerprint density at radius 2 is 1.82 bits per heavy atom. The fourth-order valence-corrected chi connectivity index (χ4v) is 2.65. The molecule has 3 aromatic rings. The Morgan fingerprint density at radius 3 is 2.46 bits per heavy atom. The fraction of sp³-hybridized carbons (Fsp3) is 0.100. The largest absolute Gasteiger partial charge is 0.375 e. The van der Waals surface area contributed by atoms with E-state index in [1.807, 2.05) is 12.1 Å². The first-order valence-electron chi connectivity index (χ1n) is 8.40.